The van der Waals surface area contributed by atoms with E-state index < -0.39 is 17.7 Å². The number of likely N-dealkylation sites (N-methyl/N-ethyl adjacent to an activating group) is 1. The molecule has 0 spiro atoms. The van der Waals surface area contributed by atoms with Crippen LogP contribution in [0.5, 0.6) is 0 Å². The molecule has 1 atom stereocenters. The highest BCUT2D eigenvalue weighted by atomic mass is 127. The second-order valence-corrected chi connectivity index (χ2v) is 7.74. The SMILES string of the molecule is CN=C(NCc1ccc(N2CCCC2=O)cc1)NCC(c1c(F)cccc1F)N(C)C.I. The number of carbonyl (C=O) groups excluding carboxylic acids is 1. The average Bonchev–Trinajstić information content (AvgIpc) is 3.18. The molecule has 1 heterocycles. The Hall–Kier alpha value is -2.27. The summed E-state index contributed by atoms with van der Waals surface area (Å²) in [4.78, 5) is 19.6. The summed E-state index contributed by atoms with van der Waals surface area (Å²) in [5.74, 6) is -0.445. The minimum Gasteiger partial charge on any atom is -0.354 e. The molecule has 1 fully saturated rings. The van der Waals surface area contributed by atoms with E-state index in [0.29, 0.717) is 18.9 Å². The van der Waals surface area contributed by atoms with Crippen molar-refractivity contribution in [3.8, 4) is 0 Å². The van der Waals surface area contributed by atoms with Gasteiger partial charge in [-0.2, -0.15) is 0 Å². The lowest BCUT2D eigenvalue weighted by molar-refractivity contribution is -0.117. The Kier molecular flexibility index (Phi) is 9.83. The summed E-state index contributed by atoms with van der Waals surface area (Å²) in [5.41, 5.74) is 1.97. The van der Waals surface area contributed by atoms with Gasteiger partial charge < -0.3 is 20.4 Å². The van der Waals surface area contributed by atoms with Crippen molar-refractivity contribution in [3.05, 3.63) is 65.2 Å². The van der Waals surface area contributed by atoms with Gasteiger partial charge in [-0.05, 0) is 50.3 Å². The van der Waals surface area contributed by atoms with Crippen molar-refractivity contribution in [1.29, 1.82) is 0 Å². The zero-order valence-electron chi connectivity index (χ0n) is 18.6. The molecule has 174 valence electrons. The first-order valence-corrected chi connectivity index (χ1v) is 10.3. The average molecular weight is 557 g/mol. The maximum Gasteiger partial charge on any atom is 0.227 e. The normalized spacial score (nSPS) is 15.0. The zero-order valence-corrected chi connectivity index (χ0v) is 20.9. The van der Waals surface area contributed by atoms with Crippen molar-refractivity contribution in [2.75, 3.05) is 39.1 Å². The van der Waals surface area contributed by atoms with E-state index in [2.05, 4.69) is 15.6 Å². The number of nitrogens with one attached hydrogen (secondary N) is 2. The van der Waals surface area contributed by atoms with E-state index in [1.807, 2.05) is 24.3 Å². The highest BCUT2D eigenvalue weighted by Crippen LogP contribution is 2.24. The van der Waals surface area contributed by atoms with Crippen LogP contribution in [-0.4, -0.2) is 51.0 Å². The summed E-state index contributed by atoms with van der Waals surface area (Å²) in [7, 11) is 5.20. The lowest BCUT2D eigenvalue weighted by Crippen LogP contribution is -2.41. The van der Waals surface area contributed by atoms with Gasteiger partial charge in [0.15, 0.2) is 5.96 Å². The van der Waals surface area contributed by atoms with Crippen molar-refractivity contribution < 1.29 is 13.6 Å². The number of rotatable bonds is 7. The monoisotopic (exact) mass is 557 g/mol. The first kappa shape index (κ1) is 26.0. The second-order valence-electron chi connectivity index (χ2n) is 7.74. The Morgan fingerprint density at radius 2 is 1.78 bits per heavy atom. The van der Waals surface area contributed by atoms with Gasteiger partial charge in [0.25, 0.3) is 0 Å². The number of aliphatic imine (C=N–C) groups is 1. The van der Waals surface area contributed by atoms with E-state index in [1.165, 1.54) is 18.2 Å². The number of nitrogens with zero attached hydrogens (tertiary/aromatic N) is 3. The molecular weight excluding hydrogens is 527 g/mol. The molecular formula is C23H30F2IN5O. The third-order valence-corrected chi connectivity index (χ3v) is 5.42. The third-order valence-electron chi connectivity index (χ3n) is 5.42. The molecule has 2 N–H and O–H groups in total. The van der Waals surface area contributed by atoms with Gasteiger partial charge in [-0.15, -0.1) is 24.0 Å². The van der Waals surface area contributed by atoms with Gasteiger partial charge >= 0.3 is 0 Å². The number of anilines is 1. The number of hydrogen-bond donors (Lipinski definition) is 2. The van der Waals surface area contributed by atoms with Crippen LogP contribution in [0.25, 0.3) is 0 Å². The fourth-order valence-electron chi connectivity index (χ4n) is 3.69. The summed E-state index contributed by atoms with van der Waals surface area (Å²) in [6, 6.07) is 11.2. The number of guanidine groups is 1. The Balaban J connectivity index is 0.00000363. The summed E-state index contributed by atoms with van der Waals surface area (Å²) in [6.45, 7) is 1.57. The second kappa shape index (κ2) is 12.1. The van der Waals surface area contributed by atoms with Crippen LogP contribution >= 0.6 is 24.0 Å². The summed E-state index contributed by atoms with van der Waals surface area (Å²) in [5, 5.41) is 6.36. The van der Waals surface area contributed by atoms with E-state index >= 15 is 0 Å². The van der Waals surface area contributed by atoms with Gasteiger partial charge in [-0.1, -0.05) is 18.2 Å². The lowest BCUT2D eigenvalue weighted by atomic mass is 10.0. The first-order chi connectivity index (χ1) is 14.9. The molecule has 1 unspecified atom stereocenters. The molecule has 3 rings (SSSR count). The van der Waals surface area contributed by atoms with E-state index in [4.69, 9.17) is 0 Å². The fraction of sp³-hybridized carbons (Fsp3) is 0.391. The highest BCUT2D eigenvalue weighted by molar-refractivity contribution is 14.0. The van der Waals surface area contributed by atoms with Gasteiger partial charge in [0, 0.05) is 44.4 Å². The predicted octanol–water partition coefficient (Wildman–Crippen LogP) is 3.68. The van der Waals surface area contributed by atoms with Crippen LogP contribution < -0.4 is 15.5 Å². The molecule has 0 aromatic heterocycles. The molecule has 9 heteroatoms. The first-order valence-electron chi connectivity index (χ1n) is 10.3. The number of amides is 1. The van der Waals surface area contributed by atoms with Crippen molar-refractivity contribution in [2.24, 2.45) is 4.99 Å². The number of hydrogen-bond acceptors (Lipinski definition) is 3. The molecule has 1 aliphatic rings. The van der Waals surface area contributed by atoms with Gasteiger partial charge in [0.2, 0.25) is 5.91 Å². The van der Waals surface area contributed by atoms with E-state index in [9.17, 15) is 13.6 Å². The summed E-state index contributed by atoms with van der Waals surface area (Å²) in [6.07, 6.45) is 1.50. The molecule has 32 heavy (non-hydrogen) atoms. The molecule has 2 aromatic rings. The predicted molar refractivity (Wildman–Crippen MR) is 134 cm³/mol. The topological polar surface area (TPSA) is 60.0 Å². The maximum atomic E-state index is 14.2. The molecule has 1 aliphatic heterocycles. The van der Waals surface area contributed by atoms with Crippen molar-refractivity contribution in [2.45, 2.75) is 25.4 Å². The van der Waals surface area contributed by atoms with Crippen LogP contribution in [-0.2, 0) is 11.3 Å². The minimum absolute atomic E-state index is 0. The van der Waals surface area contributed by atoms with Crippen molar-refractivity contribution >= 4 is 41.5 Å². The largest absolute Gasteiger partial charge is 0.354 e. The minimum atomic E-state index is -0.569. The Morgan fingerprint density at radius 1 is 1.12 bits per heavy atom. The Bertz CT molecular complexity index is 916. The molecule has 6 nitrogen and oxygen atoms in total. The molecule has 1 saturated heterocycles. The van der Waals surface area contributed by atoms with Crippen LogP contribution in [0.15, 0.2) is 47.5 Å². The molecule has 0 aliphatic carbocycles. The van der Waals surface area contributed by atoms with E-state index in [0.717, 1.165) is 24.2 Å². The summed E-state index contributed by atoms with van der Waals surface area (Å²) < 4.78 is 28.5. The van der Waals surface area contributed by atoms with Gasteiger partial charge in [-0.25, -0.2) is 8.78 Å². The summed E-state index contributed by atoms with van der Waals surface area (Å²) >= 11 is 0. The van der Waals surface area contributed by atoms with Gasteiger partial charge in [-0.3, -0.25) is 9.79 Å². The Morgan fingerprint density at radius 3 is 2.31 bits per heavy atom. The van der Waals surface area contributed by atoms with Gasteiger partial charge in [0.05, 0.1) is 6.04 Å². The van der Waals surface area contributed by atoms with Crippen LogP contribution in [0.2, 0.25) is 0 Å². The Labute approximate surface area is 205 Å². The molecule has 0 radical (unpaired) electrons. The van der Waals surface area contributed by atoms with Crippen LogP contribution in [0, 0.1) is 11.6 Å². The zero-order chi connectivity index (χ0) is 22.4. The van der Waals surface area contributed by atoms with Crippen molar-refractivity contribution in [1.82, 2.24) is 15.5 Å². The number of halogens is 3. The third kappa shape index (κ3) is 6.38. The van der Waals surface area contributed by atoms with E-state index in [-0.39, 0.29) is 42.0 Å². The quantitative estimate of drug-likeness (QED) is 0.310. The van der Waals surface area contributed by atoms with Crippen LogP contribution in [0.4, 0.5) is 14.5 Å². The van der Waals surface area contributed by atoms with Crippen LogP contribution in [0.3, 0.4) is 0 Å². The smallest absolute Gasteiger partial charge is 0.227 e. The van der Waals surface area contributed by atoms with Crippen molar-refractivity contribution in [3.63, 3.8) is 0 Å². The molecule has 1 amide bonds. The van der Waals surface area contributed by atoms with Crippen LogP contribution in [0.1, 0.15) is 30.0 Å². The fourth-order valence-corrected chi connectivity index (χ4v) is 3.69. The van der Waals surface area contributed by atoms with Gasteiger partial charge in [0.1, 0.15) is 11.6 Å². The van der Waals surface area contributed by atoms with E-state index in [1.54, 1.807) is 30.9 Å². The number of carbonyl (C=O) groups is 1. The number of benzene rings is 2. The standard InChI is InChI=1S/C23H29F2N5O.HI/c1-26-23(28-15-20(29(2)3)22-18(24)6-4-7-19(22)25)27-14-16-9-11-17(12-10-16)30-13-5-8-21(30)31;/h4,6-7,9-12,20H,5,8,13-15H2,1-3H3,(H2,26,27,28);1H. The lowest BCUT2D eigenvalue weighted by Gasteiger charge is -2.26. The highest BCUT2D eigenvalue weighted by Gasteiger charge is 2.23. The molecule has 2 aromatic carbocycles. The molecule has 0 saturated carbocycles. The maximum absolute atomic E-state index is 14.2. The molecule has 0 bridgehead atoms.